The number of carbonyl (C=O) groups is 2. The molecule has 118 valence electrons. The van der Waals surface area contributed by atoms with Crippen molar-refractivity contribution in [3.05, 3.63) is 10.4 Å². The van der Waals surface area contributed by atoms with Gasteiger partial charge in [-0.25, -0.2) is 4.79 Å². The molecular formula is C14H23N3O3S. The van der Waals surface area contributed by atoms with E-state index in [1.165, 1.54) is 18.4 Å². The van der Waals surface area contributed by atoms with E-state index in [0.717, 1.165) is 19.5 Å². The van der Waals surface area contributed by atoms with Crippen molar-refractivity contribution >= 4 is 33.9 Å². The Hall–Kier alpha value is -1.76. The van der Waals surface area contributed by atoms with Crippen LogP contribution in [-0.4, -0.2) is 38.6 Å². The molecule has 0 aliphatic heterocycles. The molecule has 0 aliphatic carbocycles. The Morgan fingerprint density at radius 2 is 1.90 bits per heavy atom. The summed E-state index contributed by atoms with van der Waals surface area (Å²) in [6.45, 7) is 7.95. The van der Waals surface area contributed by atoms with Crippen LogP contribution in [0.5, 0.6) is 0 Å². The van der Waals surface area contributed by atoms with Gasteiger partial charge in [0.15, 0.2) is 0 Å². The zero-order valence-electron chi connectivity index (χ0n) is 13.0. The van der Waals surface area contributed by atoms with Gasteiger partial charge in [-0.3, -0.25) is 4.79 Å². The van der Waals surface area contributed by atoms with Crippen LogP contribution in [0.15, 0.2) is 0 Å². The summed E-state index contributed by atoms with van der Waals surface area (Å²) in [7, 11) is 1.31. The normalized spacial score (nSPS) is 10.3. The van der Waals surface area contributed by atoms with Crippen LogP contribution < -0.4 is 16.0 Å². The molecule has 0 radical (unpaired) electrons. The Morgan fingerprint density at radius 3 is 2.38 bits per heavy atom. The molecule has 0 spiro atoms. The smallest absolute Gasteiger partial charge is 0.343 e. The minimum absolute atomic E-state index is 0.197. The van der Waals surface area contributed by atoms with Crippen LogP contribution in [0.4, 0.5) is 10.7 Å². The Morgan fingerprint density at radius 1 is 1.29 bits per heavy atom. The zero-order valence-corrected chi connectivity index (χ0v) is 13.8. The summed E-state index contributed by atoms with van der Waals surface area (Å²) in [6.07, 6.45) is 0.837. The predicted molar refractivity (Wildman–Crippen MR) is 86.3 cm³/mol. The third-order valence-electron chi connectivity index (χ3n) is 3.11. The van der Waals surface area contributed by atoms with Crippen LogP contribution in [0.1, 0.15) is 47.2 Å². The fourth-order valence-corrected chi connectivity index (χ4v) is 3.20. The molecule has 7 heteroatoms. The number of esters is 1. The first-order valence-electron chi connectivity index (χ1n) is 7.05. The number of ether oxygens (including phenoxy) is 1. The number of hydrogen-bond acceptors (Lipinski definition) is 6. The highest BCUT2D eigenvalue weighted by Crippen LogP contribution is 2.38. The van der Waals surface area contributed by atoms with Crippen molar-refractivity contribution in [1.82, 2.24) is 5.32 Å². The summed E-state index contributed by atoms with van der Waals surface area (Å²) < 4.78 is 4.80. The minimum Gasteiger partial charge on any atom is -0.465 e. The number of hydrogen-bond donors (Lipinski definition) is 2. The van der Waals surface area contributed by atoms with Crippen molar-refractivity contribution in [1.29, 1.82) is 0 Å². The summed E-state index contributed by atoms with van der Waals surface area (Å²) in [5.74, 6) is -0.761. The first-order chi connectivity index (χ1) is 10.0. The first-order valence-corrected chi connectivity index (χ1v) is 7.86. The number of nitrogens with two attached hydrogens (primary N) is 1. The van der Waals surface area contributed by atoms with Crippen LogP contribution in [0.3, 0.4) is 0 Å². The Labute approximate surface area is 129 Å². The fourth-order valence-electron chi connectivity index (χ4n) is 1.95. The van der Waals surface area contributed by atoms with Crippen molar-refractivity contribution in [2.24, 2.45) is 0 Å². The SMILES string of the molecule is CCCNC(=O)c1sc(N(CC)CC)c(C(=O)OC)c1N. The average molecular weight is 313 g/mol. The lowest BCUT2D eigenvalue weighted by molar-refractivity contribution is 0.0603. The topological polar surface area (TPSA) is 84.7 Å². The number of anilines is 2. The van der Waals surface area contributed by atoms with Gasteiger partial charge in [-0.15, -0.1) is 11.3 Å². The van der Waals surface area contributed by atoms with Gasteiger partial charge in [-0.2, -0.15) is 0 Å². The van der Waals surface area contributed by atoms with E-state index in [2.05, 4.69) is 5.32 Å². The van der Waals surface area contributed by atoms with Crippen LogP contribution in [0.25, 0.3) is 0 Å². The summed E-state index contributed by atoms with van der Waals surface area (Å²) >= 11 is 1.23. The molecule has 0 bridgehead atoms. The molecule has 0 aromatic carbocycles. The van der Waals surface area contributed by atoms with Crippen molar-refractivity contribution in [2.45, 2.75) is 27.2 Å². The van der Waals surface area contributed by atoms with Crippen LogP contribution in [0.2, 0.25) is 0 Å². The van der Waals surface area contributed by atoms with Crippen molar-refractivity contribution in [3.8, 4) is 0 Å². The fraction of sp³-hybridized carbons (Fsp3) is 0.571. The van der Waals surface area contributed by atoms with Gasteiger partial charge < -0.3 is 20.7 Å². The molecule has 21 heavy (non-hydrogen) atoms. The molecule has 1 rings (SSSR count). The molecular weight excluding hydrogens is 290 g/mol. The van der Waals surface area contributed by atoms with E-state index in [9.17, 15) is 9.59 Å². The van der Waals surface area contributed by atoms with Gasteiger partial charge in [0.2, 0.25) is 0 Å². The van der Waals surface area contributed by atoms with Crippen molar-refractivity contribution in [2.75, 3.05) is 37.4 Å². The first kappa shape index (κ1) is 17.3. The maximum atomic E-state index is 12.1. The third-order valence-corrected chi connectivity index (χ3v) is 4.37. The summed E-state index contributed by atoms with van der Waals surface area (Å²) in [5.41, 5.74) is 6.50. The Kier molecular flexibility index (Phi) is 6.48. The molecule has 0 unspecified atom stereocenters. The molecule has 3 N–H and O–H groups in total. The van der Waals surface area contributed by atoms with Crippen molar-refractivity contribution < 1.29 is 14.3 Å². The highest BCUT2D eigenvalue weighted by molar-refractivity contribution is 7.19. The Balaban J connectivity index is 3.29. The monoisotopic (exact) mass is 313 g/mol. The van der Waals surface area contributed by atoms with Crippen LogP contribution in [0, 0.1) is 0 Å². The minimum atomic E-state index is -0.514. The van der Waals surface area contributed by atoms with Gasteiger partial charge in [0.1, 0.15) is 15.4 Å². The standard InChI is InChI=1S/C14H23N3O3S/c1-5-8-16-12(18)11-10(15)9(14(19)20-4)13(21-11)17(6-2)7-3/h5-8,15H2,1-4H3,(H,16,18). The molecule has 1 heterocycles. The van der Waals surface area contributed by atoms with Crippen molar-refractivity contribution in [3.63, 3.8) is 0 Å². The van der Waals surface area contributed by atoms with Gasteiger partial charge in [-0.05, 0) is 20.3 Å². The molecule has 0 fully saturated rings. The zero-order chi connectivity index (χ0) is 16.0. The number of methoxy groups -OCH3 is 1. The highest BCUT2D eigenvalue weighted by atomic mass is 32.1. The molecule has 0 atom stereocenters. The lowest BCUT2D eigenvalue weighted by atomic mass is 10.2. The Bertz CT molecular complexity index is 510. The maximum absolute atomic E-state index is 12.1. The number of thiophene rings is 1. The number of nitrogens with zero attached hydrogens (tertiary/aromatic N) is 1. The molecule has 6 nitrogen and oxygen atoms in total. The summed E-state index contributed by atoms with van der Waals surface area (Å²) in [5, 5.41) is 3.47. The van der Waals surface area contributed by atoms with Gasteiger partial charge >= 0.3 is 5.97 Å². The quantitative estimate of drug-likeness (QED) is 0.753. The second-order valence-corrected chi connectivity index (χ2v) is 5.44. The third kappa shape index (κ3) is 3.66. The molecule has 0 saturated carbocycles. The molecule has 1 aromatic rings. The van der Waals surface area contributed by atoms with Gasteiger partial charge in [0.25, 0.3) is 5.91 Å². The number of nitrogen functional groups attached to an aromatic ring is 1. The van der Waals surface area contributed by atoms with E-state index in [1.807, 2.05) is 25.7 Å². The van der Waals surface area contributed by atoms with E-state index >= 15 is 0 Å². The maximum Gasteiger partial charge on any atom is 0.343 e. The average Bonchev–Trinajstić information content (AvgIpc) is 2.83. The summed E-state index contributed by atoms with van der Waals surface area (Å²) in [4.78, 5) is 26.5. The van der Waals surface area contributed by atoms with Gasteiger partial charge in [-0.1, -0.05) is 6.92 Å². The second-order valence-electron chi connectivity index (χ2n) is 4.44. The van der Waals surface area contributed by atoms with E-state index in [4.69, 9.17) is 10.5 Å². The molecule has 1 aromatic heterocycles. The molecule has 1 amide bonds. The largest absolute Gasteiger partial charge is 0.465 e. The van der Waals surface area contributed by atoms with Crippen LogP contribution in [-0.2, 0) is 4.74 Å². The van der Waals surface area contributed by atoms with Crippen LogP contribution >= 0.6 is 11.3 Å². The van der Waals surface area contributed by atoms with E-state index in [0.29, 0.717) is 16.4 Å². The number of carbonyl (C=O) groups excluding carboxylic acids is 2. The number of rotatable bonds is 7. The number of nitrogens with one attached hydrogen (secondary N) is 1. The van der Waals surface area contributed by atoms with Gasteiger partial charge in [0.05, 0.1) is 12.8 Å². The lowest BCUT2D eigenvalue weighted by Gasteiger charge is -2.20. The predicted octanol–water partition coefficient (Wildman–Crippen LogP) is 2.10. The lowest BCUT2D eigenvalue weighted by Crippen LogP contribution is -2.24. The van der Waals surface area contributed by atoms with E-state index in [-0.39, 0.29) is 17.2 Å². The van der Waals surface area contributed by atoms with Gasteiger partial charge in [0, 0.05) is 19.6 Å². The molecule has 0 aliphatic rings. The van der Waals surface area contributed by atoms with E-state index < -0.39 is 5.97 Å². The number of amides is 1. The molecule has 0 saturated heterocycles. The highest BCUT2D eigenvalue weighted by Gasteiger charge is 2.28. The summed E-state index contributed by atoms with van der Waals surface area (Å²) in [6, 6.07) is 0. The second kappa shape index (κ2) is 7.87. The van der Waals surface area contributed by atoms with E-state index in [1.54, 1.807) is 0 Å².